The Hall–Kier alpha value is -3.94. The van der Waals surface area contributed by atoms with Crippen LogP contribution in [0.3, 0.4) is 0 Å². The van der Waals surface area contributed by atoms with Crippen LogP contribution in [-0.4, -0.2) is 23.6 Å². The van der Waals surface area contributed by atoms with Crippen LogP contribution in [0.4, 0.5) is 11.4 Å². The average Bonchev–Trinajstić information content (AvgIpc) is 3.58. The first kappa shape index (κ1) is 25.3. The summed E-state index contributed by atoms with van der Waals surface area (Å²) < 4.78 is 2.20. The van der Waals surface area contributed by atoms with Gasteiger partial charge in [-0.1, -0.05) is 65.4 Å². The lowest BCUT2D eigenvalue weighted by Crippen LogP contribution is -2.40. The lowest BCUT2D eigenvalue weighted by atomic mass is 9.95. The molecule has 6 nitrogen and oxygen atoms in total. The number of rotatable bonds is 5. The van der Waals surface area contributed by atoms with E-state index < -0.39 is 6.04 Å². The predicted octanol–water partition coefficient (Wildman–Crippen LogP) is 5.13. The maximum absolute atomic E-state index is 13.9. The fourth-order valence-corrected chi connectivity index (χ4v) is 6.37. The minimum absolute atomic E-state index is 0.181. The summed E-state index contributed by atoms with van der Waals surface area (Å²) >= 11 is 7.51. The highest BCUT2D eigenvalue weighted by molar-refractivity contribution is 7.07. The molecule has 2 aliphatic rings. The molecule has 0 unspecified atom stereocenters. The number of halogens is 1. The Kier molecular flexibility index (Phi) is 6.94. The molecule has 1 aromatic heterocycles. The van der Waals surface area contributed by atoms with Crippen molar-refractivity contribution in [1.29, 1.82) is 0 Å². The summed E-state index contributed by atoms with van der Waals surface area (Å²) in [4.78, 5) is 35.1. The third-order valence-corrected chi connectivity index (χ3v) is 8.38. The van der Waals surface area contributed by atoms with Gasteiger partial charge in [0.1, 0.15) is 0 Å². The predicted molar refractivity (Wildman–Crippen MR) is 158 cm³/mol. The van der Waals surface area contributed by atoms with Gasteiger partial charge in [0.2, 0.25) is 0 Å². The van der Waals surface area contributed by atoms with Gasteiger partial charge >= 0.3 is 0 Å². The molecule has 0 spiro atoms. The summed E-state index contributed by atoms with van der Waals surface area (Å²) in [7, 11) is 0. The maximum atomic E-state index is 13.9. The quantitative estimate of drug-likeness (QED) is 0.372. The Balaban J connectivity index is 1.43. The minimum atomic E-state index is -0.637. The fraction of sp³-hybridized carbons (Fsp3) is 0.194. The Morgan fingerprint density at radius 3 is 2.38 bits per heavy atom. The van der Waals surface area contributed by atoms with E-state index in [1.807, 2.05) is 67.6 Å². The van der Waals surface area contributed by atoms with E-state index in [0.29, 0.717) is 31.3 Å². The number of amides is 1. The number of nitrogens with one attached hydrogen (secondary N) is 1. The van der Waals surface area contributed by atoms with Crippen LogP contribution < -0.4 is 25.1 Å². The largest absolute Gasteiger partial charge is 0.372 e. The van der Waals surface area contributed by atoms with Gasteiger partial charge in [-0.2, -0.15) is 0 Å². The number of anilines is 2. The van der Waals surface area contributed by atoms with E-state index in [2.05, 4.69) is 22.3 Å². The zero-order valence-corrected chi connectivity index (χ0v) is 23.0. The molecule has 39 heavy (non-hydrogen) atoms. The average molecular weight is 555 g/mol. The molecular weight excluding hydrogens is 528 g/mol. The number of allylic oxidation sites excluding steroid dienone is 1. The first-order chi connectivity index (χ1) is 19.0. The summed E-state index contributed by atoms with van der Waals surface area (Å²) in [6, 6.07) is 24.2. The number of benzene rings is 3. The second-order valence-corrected chi connectivity index (χ2v) is 11.2. The van der Waals surface area contributed by atoms with Gasteiger partial charge in [-0.05, 0) is 73.4 Å². The van der Waals surface area contributed by atoms with Gasteiger partial charge in [0.05, 0.1) is 21.8 Å². The van der Waals surface area contributed by atoms with Gasteiger partial charge < -0.3 is 10.2 Å². The van der Waals surface area contributed by atoms with Crippen molar-refractivity contribution < 1.29 is 4.79 Å². The smallest absolute Gasteiger partial charge is 0.271 e. The van der Waals surface area contributed by atoms with Crippen molar-refractivity contribution in [2.75, 3.05) is 23.3 Å². The van der Waals surface area contributed by atoms with Crippen LogP contribution in [0.5, 0.6) is 0 Å². The van der Waals surface area contributed by atoms with Crippen LogP contribution in [0, 0.1) is 0 Å². The Morgan fingerprint density at radius 2 is 1.69 bits per heavy atom. The van der Waals surface area contributed by atoms with Gasteiger partial charge in [0, 0.05) is 29.5 Å². The monoisotopic (exact) mass is 554 g/mol. The highest BCUT2D eigenvalue weighted by Crippen LogP contribution is 2.31. The fourth-order valence-electron chi connectivity index (χ4n) is 5.20. The van der Waals surface area contributed by atoms with Crippen LogP contribution in [0.15, 0.2) is 99.9 Å². The Bertz CT molecular complexity index is 1730. The molecule has 3 heterocycles. The van der Waals surface area contributed by atoms with E-state index in [4.69, 9.17) is 16.6 Å². The summed E-state index contributed by atoms with van der Waals surface area (Å²) in [5.74, 6) is -0.297. The molecule has 1 saturated heterocycles. The van der Waals surface area contributed by atoms with Crippen LogP contribution in [-0.2, 0) is 4.79 Å². The lowest BCUT2D eigenvalue weighted by Gasteiger charge is -2.25. The van der Waals surface area contributed by atoms with E-state index in [1.165, 1.54) is 29.9 Å². The van der Waals surface area contributed by atoms with Crippen molar-refractivity contribution in [3.8, 4) is 0 Å². The maximum Gasteiger partial charge on any atom is 0.271 e. The third kappa shape index (κ3) is 5.07. The molecule has 1 atom stereocenters. The third-order valence-electron chi connectivity index (χ3n) is 7.15. The van der Waals surface area contributed by atoms with E-state index in [1.54, 1.807) is 16.7 Å². The standard InChI is InChI=1S/C31H27ClN4O2S/c1-20-27(29(37)34-24-7-3-2-4-8-24)28(22-11-13-23(32)14-12-22)36-30(38)26(39-31(36)33-20)19-21-9-15-25(16-10-21)35-17-5-6-18-35/h2-4,7-16,19,28H,5-6,17-18H2,1H3,(H,34,37)/b26-19+/t28-/m1/s1. The van der Waals surface area contributed by atoms with E-state index in [9.17, 15) is 9.59 Å². The van der Waals surface area contributed by atoms with Crippen molar-refractivity contribution in [3.05, 3.63) is 126 Å². The molecule has 1 amide bonds. The molecule has 2 aliphatic heterocycles. The first-order valence-electron chi connectivity index (χ1n) is 13.0. The van der Waals surface area contributed by atoms with Gasteiger partial charge in [-0.25, -0.2) is 4.99 Å². The highest BCUT2D eigenvalue weighted by atomic mass is 35.5. The van der Waals surface area contributed by atoms with Gasteiger partial charge in [-0.15, -0.1) is 0 Å². The Morgan fingerprint density at radius 1 is 1.00 bits per heavy atom. The van der Waals surface area contributed by atoms with E-state index in [0.717, 1.165) is 24.2 Å². The number of thiazole rings is 1. The molecule has 0 saturated carbocycles. The highest BCUT2D eigenvalue weighted by Gasteiger charge is 2.32. The number of para-hydroxylation sites is 1. The van der Waals surface area contributed by atoms with Crippen LogP contribution >= 0.6 is 22.9 Å². The van der Waals surface area contributed by atoms with Crippen LogP contribution in [0.1, 0.15) is 36.9 Å². The number of hydrogen-bond donors (Lipinski definition) is 1. The Labute approximate surface area is 235 Å². The van der Waals surface area contributed by atoms with Crippen molar-refractivity contribution in [2.45, 2.75) is 25.8 Å². The number of nitrogens with zero attached hydrogens (tertiary/aromatic N) is 3. The van der Waals surface area contributed by atoms with Crippen molar-refractivity contribution >= 4 is 46.3 Å². The molecule has 0 aliphatic carbocycles. The molecular formula is C31H27ClN4O2S. The number of aromatic nitrogens is 1. The van der Waals surface area contributed by atoms with Gasteiger partial charge in [0.15, 0.2) is 4.80 Å². The number of carbonyl (C=O) groups excluding carboxylic acids is 1. The summed E-state index contributed by atoms with van der Waals surface area (Å²) in [6.07, 6.45) is 4.35. The van der Waals surface area contributed by atoms with E-state index in [-0.39, 0.29) is 11.5 Å². The summed E-state index contributed by atoms with van der Waals surface area (Å²) in [5.41, 5.74) is 4.44. The molecule has 196 valence electrons. The number of fused-ring (bicyclic) bond motifs is 1. The molecule has 8 heteroatoms. The van der Waals surface area contributed by atoms with Crippen molar-refractivity contribution in [2.24, 2.45) is 4.99 Å². The molecule has 4 aromatic rings. The molecule has 1 N–H and O–H groups in total. The minimum Gasteiger partial charge on any atom is -0.372 e. The molecule has 3 aromatic carbocycles. The zero-order valence-electron chi connectivity index (χ0n) is 21.4. The topological polar surface area (TPSA) is 66.7 Å². The van der Waals surface area contributed by atoms with Gasteiger partial charge in [0.25, 0.3) is 11.5 Å². The molecule has 0 bridgehead atoms. The summed E-state index contributed by atoms with van der Waals surface area (Å²) in [5, 5.41) is 3.55. The van der Waals surface area contributed by atoms with Crippen LogP contribution in [0.25, 0.3) is 6.08 Å². The second-order valence-electron chi connectivity index (χ2n) is 9.74. The molecule has 0 radical (unpaired) electrons. The van der Waals surface area contributed by atoms with Gasteiger partial charge in [-0.3, -0.25) is 14.2 Å². The number of hydrogen-bond acceptors (Lipinski definition) is 5. The van der Waals surface area contributed by atoms with Crippen molar-refractivity contribution in [3.63, 3.8) is 0 Å². The van der Waals surface area contributed by atoms with E-state index >= 15 is 0 Å². The molecule has 1 fully saturated rings. The van der Waals surface area contributed by atoms with Crippen molar-refractivity contribution in [1.82, 2.24) is 4.57 Å². The second kappa shape index (κ2) is 10.7. The number of carbonyl (C=O) groups is 1. The first-order valence-corrected chi connectivity index (χ1v) is 14.2. The SMILES string of the molecule is CC1=C(C(=O)Nc2ccccc2)[C@@H](c2ccc(Cl)cc2)n2c(s/c(=C/c3ccc(N4CCCC4)cc3)c2=O)=N1. The normalized spacial score (nSPS) is 17.2. The zero-order chi connectivity index (χ0) is 26.9. The summed E-state index contributed by atoms with van der Waals surface area (Å²) in [6.45, 7) is 3.99. The molecule has 6 rings (SSSR count). The van der Waals surface area contributed by atoms with Crippen LogP contribution in [0.2, 0.25) is 5.02 Å². The lowest BCUT2D eigenvalue weighted by molar-refractivity contribution is -0.113.